The lowest BCUT2D eigenvalue weighted by Gasteiger charge is -2.09. The molecule has 4 aromatic rings. The lowest BCUT2D eigenvalue weighted by molar-refractivity contribution is -0.116. The van der Waals surface area contributed by atoms with Crippen LogP contribution in [0.4, 0.5) is 11.4 Å². The molecule has 3 aromatic carbocycles. The van der Waals surface area contributed by atoms with E-state index in [0.717, 1.165) is 33.5 Å². The monoisotopic (exact) mass is 441 g/mol. The number of fused-ring (bicyclic) bond motifs is 1. The van der Waals surface area contributed by atoms with Crippen molar-refractivity contribution in [3.63, 3.8) is 0 Å². The van der Waals surface area contributed by atoms with E-state index in [4.69, 9.17) is 4.74 Å². The van der Waals surface area contributed by atoms with Gasteiger partial charge >= 0.3 is 0 Å². The molecule has 0 saturated heterocycles. The van der Waals surface area contributed by atoms with E-state index in [0.29, 0.717) is 30.6 Å². The highest BCUT2D eigenvalue weighted by Crippen LogP contribution is 2.32. The van der Waals surface area contributed by atoms with E-state index in [1.807, 2.05) is 42.5 Å². The van der Waals surface area contributed by atoms with Crippen molar-refractivity contribution in [3.05, 3.63) is 78.4 Å². The number of hydrogen-bond donors (Lipinski definition) is 3. The second kappa shape index (κ2) is 10.0. The van der Waals surface area contributed by atoms with E-state index in [9.17, 15) is 9.59 Å². The number of aromatic nitrogens is 1. The van der Waals surface area contributed by atoms with Crippen molar-refractivity contribution < 1.29 is 14.3 Å². The van der Waals surface area contributed by atoms with E-state index in [1.165, 1.54) is 0 Å². The molecule has 2 amide bonds. The van der Waals surface area contributed by atoms with E-state index >= 15 is 0 Å². The summed E-state index contributed by atoms with van der Waals surface area (Å²) in [6.07, 6.45) is 1.37. The number of rotatable bonds is 8. The standard InChI is InChI=1S/C27H27N3O3/c1-3-25(31)28-19-10-12-20(13-11-19)29-26(32)17-16-23-22-6-4-5-7-24(22)30-27(23)18-8-14-21(33-2)15-9-18/h4-15,30H,3,16-17H2,1-2H3,(H,28,31)(H,29,32). The zero-order chi connectivity index (χ0) is 23.2. The minimum absolute atomic E-state index is 0.0434. The van der Waals surface area contributed by atoms with Crippen LogP contribution in [0, 0.1) is 0 Å². The maximum atomic E-state index is 12.7. The third-order valence-electron chi connectivity index (χ3n) is 5.57. The third kappa shape index (κ3) is 5.23. The number of anilines is 2. The van der Waals surface area contributed by atoms with Gasteiger partial charge in [0.25, 0.3) is 0 Å². The number of para-hydroxylation sites is 1. The predicted molar refractivity (Wildman–Crippen MR) is 133 cm³/mol. The number of amides is 2. The zero-order valence-electron chi connectivity index (χ0n) is 18.8. The van der Waals surface area contributed by atoms with Gasteiger partial charge in [0.1, 0.15) is 5.75 Å². The first-order valence-corrected chi connectivity index (χ1v) is 11.0. The molecular weight excluding hydrogens is 414 g/mol. The highest BCUT2D eigenvalue weighted by molar-refractivity contribution is 5.94. The molecular formula is C27H27N3O3. The highest BCUT2D eigenvalue weighted by atomic mass is 16.5. The summed E-state index contributed by atoms with van der Waals surface area (Å²) < 4.78 is 5.28. The third-order valence-corrected chi connectivity index (χ3v) is 5.57. The van der Waals surface area contributed by atoms with E-state index < -0.39 is 0 Å². The molecule has 6 heteroatoms. The molecule has 0 saturated carbocycles. The molecule has 0 bridgehead atoms. The van der Waals surface area contributed by atoms with Crippen LogP contribution in [0.25, 0.3) is 22.2 Å². The first-order chi connectivity index (χ1) is 16.1. The Kier molecular flexibility index (Phi) is 6.74. The molecule has 3 N–H and O–H groups in total. The number of ether oxygens (including phenoxy) is 1. The van der Waals surface area contributed by atoms with Gasteiger partial charge in [-0.1, -0.05) is 25.1 Å². The molecule has 0 aliphatic rings. The Hall–Kier alpha value is -4.06. The smallest absolute Gasteiger partial charge is 0.224 e. The summed E-state index contributed by atoms with van der Waals surface area (Å²) >= 11 is 0. The van der Waals surface area contributed by atoms with Crippen LogP contribution in [-0.2, 0) is 16.0 Å². The fraction of sp³-hybridized carbons (Fsp3) is 0.185. The number of aromatic amines is 1. The summed E-state index contributed by atoms with van der Waals surface area (Å²) in [4.78, 5) is 27.7. The van der Waals surface area contributed by atoms with Crippen LogP contribution in [-0.4, -0.2) is 23.9 Å². The fourth-order valence-electron chi connectivity index (χ4n) is 3.81. The summed E-state index contributed by atoms with van der Waals surface area (Å²) in [5, 5.41) is 6.86. The largest absolute Gasteiger partial charge is 0.497 e. The van der Waals surface area contributed by atoms with Gasteiger partial charge in [-0.3, -0.25) is 9.59 Å². The van der Waals surface area contributed by atoms with Crippen LogP contribution in [0.3, 0.4) is 0 Å². The highest BCUT2D eigenvalue weighted by Gasteiger charge is 2.15. The van der Waals surface area contributed by atoms with Gasteiger partial charge in [-0.05, 0) is 72.1 Å². The molecule has 0 unspecified atom stereocenters. The Morgan fingerprint density at radius 1 is 0.848 bits per heavy atom. The average molecular weight is 442 g/mol. The van der Waals surface area contributed by atoms with Crippen LogP contribution < -0.4 is 15.4 Å². The molecule has 1 heterocycles. The first-order valence-electron chi connectivity index (χ1n) is 11.0. The normalized spacial score (nSPS) is 10.7. The van der Waals surface area contributed by atoms with E-state index in [-0.39, 0.29) is 11.8 Å². The Labute approximate surface area is 193 Å². The molecule has 1 aromatic heterocycles. The first kappa shape index (κ1) is 22.1. The Bertz CT molecular complexity index is 1260. The van der Waals surface area contributed by atoms with Gasteiger partial charge in [0, 0.05) is 40.8 Å². The van der Waals surface area contributed by atoms with Gasteiger partial charge in [-0.25, -0.2) is 0 Å². The minimum atomic E-state index is -0.0636. The summed E-state index contributed by atoms with van der Waals surface area (Å²) in [6.45, 7) is 1.80. The lowest BCUT2D eigenvalue weighted by atomic mass is 10.0. The summed E-state index contributed by atoms with van der Waals surface area (Å²) in [6, 6.07) is 23.2. The Morgan fingerprint density at radius 3 is 2.12 bits per heavy atom. The number of nitrogens with one attached hydrogen (secondary N) is 3. The molecule has 0 aliphatic carbocycles. The SMILES string of the molecule is CCC(=O)Nc1ccc(NC(=O)CCc2c(-c3ccc(OC)cc3)[nH]c3ccccc23)cc1. The van der Waals surface area contributed by atoms with Crippen molar-refractivity contribution in [2.45, 2.75) is 26.2 Å². The van der Waals surface area contributed by atoms with Crippen molar-refractivity contribution >= 4 is 34.1 Å². The number of benzene rings is 3. The number of carbonyl (C=O) groups is 2. The van der Waals surface area contributed by atoms with Gasteiger partial charge in [0.15, 0.2) is 0 Å². The summed E-state index contributed by atoms with van der Waals surface area (Å²) in [7, 11) is 1.65. The quantitative estimate of drug-likeness (QED) is 0.325. The minimum Gasteiger partial charge on any atom is -0.497 e. The van der Waals surface area contributed by atoms with Crippen molar-refractivity contribution in [3.8, 4) is 17.0 Å². The predicted octanol–water partition coefficient (Wildman–Crippen LogP) is 5.76. The number of carbonyl (C=O) groups excluding carboxylic acids is 2. The Morgan fingerprint density at radius 2 is 1.48 bits per heavy atom. The topological polar surface area (TPSA) is 83.2 Å². The van der Waals surface area contributed by atoms with Gasteiger partial charge in [-0.15, -0.1) is 0 Å². The summed E-state index contributed by atoms with van der Waals surface area (Å²) in [5.74, 6) is 0.695. The van der Waals surface area contributed by atoms with Gasteiger partial charge in [0.2, 0.25) is 11.8 Å². The van der Waals surface area contributed by atoms with Crippen LogP contribution in [0.5, 0.6) is 5.75 Å². The average Bonchev–Trinajstić information content (AvgIpc) is 3.22. The van der Waals surface area contributed by atoms with Gasteiger partial charge < -0.3 is 20.4 Å². The van der Waals surface area contributed by atoms with Gasteiger partial charge in [0.05, 0.1) is 7.11 Å². The molecule has 0 atom stereocenters. The maximum Gasteiger partial charge on any atom is 0.224 e. The van der Waals surface area contributed by atoms with Crippen molar-refractivity contribution in [1.29, 1.82) is 0 Å². The number of methoxy groups -OCH3 is 1. The van der Waals surface area contributed by atoms with Gasteiger partial charge in [-0.2, -0.15) is 0 Å². The van der Waals surface area contributed by atoms with E-state index in [1.54, 1.807) is 38.3 Å². The second-order valence-corrected chi connectivity index (χ2v) is 7.78. The molecule has 6 nitrogen and oxygen atoms in total. The van der Waals surface area contributed by atoms with E-state index in [2.05, 4.69) is 21.7 Å². The lowest BCUT2D eigenvalue weighted by Crippen LogP contribution is -2.13. The number of H-pyrrole nitrogens is 1. The maximum absolute atomic E-state index is 12.7. The van der Waals surface area contributed by atoms with Crippen molar-refractivity contribution in [2.75, 3.05) is 17.7 Å². The number of aryl methyl sites for hydroxylation is 1. The molecule has 0 spiro atoms. The molecule has 0 aliphatic heterocycles. The number of hydrogen-bond acceptors (Lipinski definition) is 3. The molecule has 168 valence electrons. The van der Waals surface area contributed by atoms with Crippen LogP contribution >= 0.6 is 0 Å². The van der Waals surface area contributed by atoms with Crippen molar-refractivity contribution in [2.24, 2.45) is 0 Å². The Balaban J connectivity index is 1.48. The molecule has 33 heavy (non-hydrogen) atoms. The molecule has 0 radical (unpaired) electrons. The van der Waals surface area contributed by atoms with Crippen LogP contribution in [0.2, 0.25) is 0 Å². The molecule has 0 fully saturated rings. The van der Waals surface area contributed by atoms with Crippen molar-refractivity contribution in [1.82, 2.24) is 4.98 Å². The van der Waals surface area contributed by atoms with Crippen LogP contribution in [0.15, 0.2) is 72.8 Å². The zero-order valence-corrected chi connectivity index (χ0v) is 18.8. The summed E-state index contributed by atoms with van der Waals surface area (Å²) in [5.41, 5.74) is 5.63. The van der Waals surface area contributed by atoms with Crippen LogP contribution in [0.1, 0.15) is 25.3 Å². The molecule has 4 rings (SSSR count). The second-order valence-electron chi connectivity index (χ2n) is 7.78. The fourth-order valence-corrected chi connectivity index (χ4v) is 3.81.